The Labute approximate surface area is 112 Å². The summed E-state index contributed by atoms with van der Waals surface area (Å²) in [7, 11) is -1.32. The van der Waals surface area contributed by atoms with Gasteiger partial charge in [-0.15, -0.1) is 0 Å². The topological polar surface area (TPSA) is 37.3 Å². The van der Waals surface area contributed by atoms with Gasteiger partial charge in [0.15, 0.2) is 0 Å². The minimum absolute atomic E-state index is 0.412. The molecule has 0 unspecified atom stereocenters. The van der Waals surface area contributed by atoms with Crippen molar-refractivity contribution in [3.63, 3.8) is 0 Å². The molecule has 0 fully saturated rings. The molecular weight excluding hydrogens is 244 g/mol. The highest BCUT2D eigenvalue weighted by Gasteiger charge is 2.16. The lowest BCUT2D eigenvalue weighted by atomic mass is 10.1. The van der Waals surface area contributed by atoms with Crippen molar-refractivity contribution in [3.05, 3.63) is 41.3 Å². The molecule has 2 atom stereocenters. The minimum atomic E-state index is -1.32. The first kappa shape index (κ1) is 15.1. The van der Waals surface area contributed by atoms with Crippen LogP contribution in [-0.2, 0) is 10.8 Å². The molecule has 0 amide bonds. The number of unbranched alkanes of at least 4 members (excludes halogenated alkanes) is 2. The van der Waals surface area contributed by atoms with E-state index >= 15 is 0 Å². The van der Waals surface area contributed by atoms with Crippen LogP contribution in [0.4, 0.5) is 0 Å². The van der Waals surface area contributed by atoms with Gasteiger partial charge in [0.25, 0.3) is 0 Å². The SMILES string of the molecule is C=C([C@H](O)CCCCC)[S@@](=O)c1ccc(C)cc1. The molecule has 1 rings (SSSR count). The Morgan fingerprint density at radius 1 is 1.33 bits per heavy atom. The zero-order chi connectivity index (χ0) is 13.5. The Bertz CT molecular complexity index is 409. The summed E-state index contributed by atoms with van der Waals surface area (Å²) in [5.41, 5.74) is 1.13. The standard InChI is InChI=1S/C15H22O2S/c1-4-5-6-7-15(16)13(3)18(17)14-10-8-12(2)9-11-14/h8-11,15-16H,3-7H2,1-2H3/t15-,18-/m1/s1. The molecule has 1 aromatic rings. The molecule has 0 aromatic heterocycles. The van der Waals surface area contributed by atoms with Gasteiger partial charge in [0, 0.05) is 9.80 Å². The maximum atomic E-state index is 12.2. The Balaban J connectivity index is 2.60. The second kappa shape index (κ2) is 7.49. The Kier molecular flexibility index (Phi) is 6.30. The number of hydrogen-bond donors (Lipinski definition) is 1. The molecule has 0 radical (unpaired) electrons. The van der Waals surface area contributed by atoms with Crippen LogP contribution in [0, 0.1) is 6.92 Å². The van der Waals surface area contributed by atoms with Gasteiger partial charge < -0.3 is 5.11 Å². The van der Waals surface area contributed by atoms with E-state index < -0.39 is 16.9 Å². The number of aliphatic hydroxyl groups excluding tert-OH is 1. The lowest BCUT2D eigenvalue weighted by Gasteiger charge is -2.13. The van der Waals surface area contributed by atoms with E-state index in [1.165, 1.54) is 0 Å². The fourth-order valence-corrected chi connectivity index (χ4v) is 2.74. The Hall–Kier alpha value is -0.930. The lowest BCUT2D eigenvalue weighted by Crippen LogP contribution is -2.13. The van der Waals surface area contributed by atoms with E-state index in [4.69, 9.17) is 0 Å². The van der Waals surface area contributed by atoms with E-state index in [0.29, 0.717) is 16.2 Å². The van der Waals surface area contributed by atoms with Crippen LogP contribution < -0.4 is 0 Å². The Morgan fingerprint density at radius 2 is 1.94 bits per heavy atom. The summed E-state index contributed by atoms with van der Waals surface area (Å²) >= 11 is 0. The first-order valence-electron chi connectivity index (χ1n) is 6.41. The van der Waals surface area contributed by atoms with E-state index in [-0.39, 0.29) is 0 Å². The van der Waals surface area contributed by atoms with Crippen LogP contribution >= 0.6 is 0 Å². The average molecular weight is 266 g/mol. The summed E-state index contributed by atoms with van der Waals surface area (Å²) in [6, 6.07) is 7.50. The fraction of sp³-hybridized carbons (Fsp3) is 0.467. The van der Waals surface area contributed by atoms with E-state index in [9.17, 15) is 9.32 Å². The molecule has 2 nitrogen and oxygen atoms in total. The number of aryl methyl sites for hydroxylation is 1. The summed E-state index contributed by atoms with van der Waals surface area (Å²) in [5, 5.41) is 9.94. The van der Waals surface area contributed by atoms with E-state index in [1.807, 2.05) is 31.2 Å². The van der Waals surface area contributed by atoms with Gasteiger partial charge >= 0.3 is 0 Å². The average Bonchev–Trinajstić information content (AvgIpc) is 2.38. The van der Waals surface area contributed by atoms with Gasteiger partial charge in [-0.2, -0.15) is 0 Å². The molecule has 18 heavy (non-hydrogen) atoms. The summed E-state index contributed by atoms with van der Waals surface area (Å²) < 4.78 is 12.2. The molecule has 0 aliphatic rings. The smallest absolute Gasteiger partial charge is 0.0871 e. The normalized spacial score (nSPS) is 14.2. The number of aliphatic hydroxyl groups is 1. The molecule has 0 aliphatic carbocycles. The molecule has 0 saturated carbocycles. The maximum Gasteiger partial charge on any atom is 0.0871 e. The second-order valence-electron chi connectivity index (χ2n) is 4.56. The van der Waals surface area contributed by atoms with Gasteiger partial charge in [0.05, 0.1) is 16.9 Å². The first-order valence-corrected chi connectivity index (χ1v) is 7.56. The number of benzene rings is 1. The van der Waals surface area contributed by atoms with Gasteiger partial charge in [0.1, 0.15) is 0 Å². The zero-order valence-electron chi connectivity index (χ0n) is 11.2. The number of hydrogen-bond acceptors (Lipinski definition) is 2. The molecule has 0 bridgehead atoms. The van der Waals surface area contributed by atoms with Gasteiger partial charge in [-0.1, -0.05) is 50.5 Å². The van der Waals surface area contributed by atoms with Crippen LogP contribution in [0.2, 0.25) is 0 Å². The third-order valence-electron chi connectivity index (χ3n) is 2.93. The summed E-state index contributed by atoms with van der Waals surface area (Å²) in [6.45, 7) is 7.89. The first-order chi connectivity index (χ1) is 8.56. The van der Waals surface area contributed by atoms with Crippen LogP contribution in [0.1, 0.15) is 38.2 Å². The molecule has 0 heterocycles. The fourth-order valence-electron chi connectivity index (χ4n) is 1.69. The number of rotatable bonds is 7. The van der Waals surface area contributed by atoms with Crippen molar-refractivity contribution >= 4 is 10.8 Å². The van der Waals surface area contributed by atoms with Crippen LogP contribution in [0.5, 0.6) is 0 Å². The highest BCUT2D eigenvalue weighted by Crippen LogP contribution is 2.19. The third kappa shape index (κ3) is 4.39. The molecule has 3 heteroatoms. The molecule has 0 aliphatic heterocycles. The molecular formula is C15H22O2S. The van der Waals surface area contributed by atoms with Crippen molar-refractivity contribution < 1.29 is 9.32 Å². The molecule has 100 valence electrons. The predicted molar refractivity (Wildman–Crippen MR) is 76.9 cm³/mol. The van der Waals surface area contributed by atoms with Gasteiger partial charge in [-0.3, -0.25) is 0 Å². The minimum Gasteiger partial charge on any atom is -0.388 e. The van der Waals surface area contributed by atoms with Crippen molar-refractivity contribution in [3.8, 4) is 0 Å². The largest absolute Gasteiger partial charge is 0.388 e. The molecule has 0 saturated heterocycles. The van der Waals surface area contributed by atoms with E-state index in [2.05, 4.69) is 13.5 Å². The lowest BCUT2D eigenvalue weighted by molar-refractivity contribution is 0.204. The van der Waals surface area contributed by atoms with Crippen molar-refractivity contribution in [2.75, 3.05) is 0 Å². The van der Waals surface area contributed by atoms with Crippen LogP contribution in [-0.4, -0.2) is 15.4 Å². The summed E-state index contributed by atoms with van der Waals surface area (Å²) in [5.74, 6) is 0. The van der Waals surface area contributed by atoms with Crippen molar-refractivity contribution in [2.45, 2.75) is 50.5 Å². The molecule has 0 spiro atoms. The predicted octanol–water partition coefficient (Wildman–Crippen LogP) is 3.56. The van der Waals surface area contributed by atoms with Gasteiger partial charge in [-0.05, 0) is 25.5 Å². The van der Waals surface area contributed by atoms with E-state index in [0.717, 1.165) is 24.8 Å². The molecule has 1 N–H and O–H groups in total. The quantitative estimate of drug-likeness (QED) is 0.766. The monoisotopic (exact) mass is 266 g/mol. The third-order valence-corrected chi connectivity index (χ3v) is 4.37. The summed E-state index contributed by atoms with van der Waals surface area (Å²) in [6.07, 6.45) is 3.12. The van der Waals surface area contributed by atoms with E-state index in [1.54, 1.807) is 0 Å². The Morgan fingerprint density at radius 3 is 2.50 bits per heavy atom. The van der Waals surface area contributed by atoms with Crippen LogP contribution in [0.25, 0.3) is 0 Å². The van der Waals surface area contributed by atoms with Crippen molar-refractivity contribution in [1.82, 2.24) is 0 Å². The highest BCUT2D eigenvalue weighted by atomic mass is 32.2. The van der Waals surface area contributed by atoms with Crippen LogP contribution in [0.3, 0.4) is 0 Å². The van der Waals surface area contributed by atoms with Gasteiger partial charge in [-0.25, -0.2) is 4.21 Å². The van der Waals surface area contributed by atoms with Crippen LogP contribution in [0.15, 0.2) is 40.6 Å². The summed E-state index contributed by atoms with van der Waals surface area (Å²) in [4.78, 5) is 1.12. The van der Waals surface area contributed by atoms with Crippen molar-refractivity contribution in [2.24, 2.45) is 0 Å². The second-order valence-corrected chi connectivity index (χ2v) is 6.09. The van der Waals surface area contributed by atoms with Gasteiger partial charge in [0.2, 0.25) is 0 Å². The molecule has 1 aromatic carbocycles. The maximum absolute atomic E-state index is 12.2. The zero-order valence-corrected chi connectivity index (χ0v) is 12.0. The highest BCUT2D eigenvalue weighted by molar-refractivity contribution is 7.89. The van der Waals surface area contributed by atoms with Crippen molar-refractivity contribution in [1.29, 1.82) is 0 Å².